The van der Waals surface area contributed by atoms with Gasteiger partial charge in [0, 0.05) is 28.9 Å². The maximum atomic E-state index is 13.2. The molecule has 0 spiro atoms. The van der Waals surface area contributed by atoms with Crippen LogP contribution in [0.2, 0.25) is 0 Å². The van der Waals surface area contributed by atoms with Crippen molar-refractivity contribution in [2.24, 2.45) is 5.92 Å². The van der Waals surface area contributed by atoms with Crippen molar-refractivity contribution in [3.8, 4) is 5.75 Å². The minimum absolute atomic E-state index is 0.103. The van der Waals surface area contributed by atoms with Crippen LogP contribution in [-0.4, -0.2) is 30.5 Å². The average Bonchev–Trinajstić information content (AvgIpc) is 3.14. The molecule has 1 saturated heterocycles. The summed E-state index contributed by atoms with van der Waals surface area (Å²) in [6, 6.07) is 12.5. The van der Waals surface area contributed by atoms with Gasteiger partial charge in [0.05, 0.1) is 13.7 Å². The summed E-state index contributed by atoms with van der Waals surface area (Å²) in [5.41, 5.74) is 1.05. The molecule has 5 heteroatoms. The highest BCUT2D eigenvalue weighted by atomic mass is 32.1. The molecule has 0 aliphatic carbocycles. The maximum absolute atomic E-state index is 13.2. The Balaban J connectivity index is 1.80. The van der Waals surface area contributed by atoms with Gasteiger partial charge in [-0.2, -0.15) is 0 Å². The molecule has 0 saturated carbocycles. The Morgan fingerprint density at radius 3 is 2.84 bits per heavy atom. The van der Waals surface area contributed by atoms with Crippen molar-refractivity contribution >= 4 is 17.2 Å². The molecule has 1 fully saturated rings. The van der Waals surface area contributed by atoms with Crippen LogP contribution in [0.5, 0.6) is 5.75 Å². The van der Waals surface area contributed by atoms with Crippen molar-refractivity contribution in [3.05, 3.63) is 52.2 Å². The number of hydrogen-bond donors (Lipinski definition) is 1. The highest BCUT2D eigenvalue weighted by molar-refractivity contribution is 7.09. The van der Waals surface area contributed by atoms with Crippen LogP contribution in [0, 0.1) is 5.92 Å². The summed E-state index contributed by atoms with van der Waals surface area (Å²) >= 11 is 1.70. The summed E-state index contributed by atoms with van der Waals surface area (Å²) in [5.74, 6) is 1.20. The molecule has 4 nitrogen and oxygen atoms in total. The van der Waals surface area contributed by atoms with Gasteiger partial charge < -0.3 is 15.0 Å². The van der Waals surface area contributed by atoms with E-state index in [9.17, 15) is 4.79 Å². The third-order valence-corrected chi connectivity index (χ3v) is 5.63. The van der Waals surface area contributed by atoms with E-state index in [4.69, 9.17) is 4.74 Å². The number of amides is 1. The fraction of sp³-hybridized carbons (Fsp3) is 0.450. The highest BCUT2D eigenvalue weighted by Crippen LogP contribution is 2.25. The number of nitrogens with zero attached hydrogens (tertiary/aromatic N) is 1. The summed E-state index contributed by atoms with van der Waals surface area (Å²) in [6.45, 7) is 4.31. The Morgan fingerprint density at radius 1 is 1.28 bits per heavy atom. The van der Waals surface area contributed by atoms with Crippen LogP contribution < -0.4 is 10.1 Å². The van der Waals surface area contributed by atoms with E-state index in [1.807, 2.05) is 35.2 Å². The van der Waals surface area contributed by atoms with E-state index in [-0.39, 0.29) is 11.8 Å². The van der Waals surface area contributed by atoms with Crippen molar-refractivity contribution in [1.29, 1.82) is 0 Å². The molecule has 1 aliphatic heterocycles. The zero-order chi connectivity index (χ0) is 17.6. The SMILES string of the molecule is COc1ccccc1CN(Cc1cccs1)C(=O)[C@H]1CCN[C@@H](C)C1. The molecule has 1 N–H and O–H groups in total. The van der Waals surface area contributed by atoms with E-state index in [0.717, 1.165) is 30.7 Å². The molecule has 1 aromatic heterocycles. The van der Waals surface area contributed by atoms with Gasteiger partial charge >= 0.3 is 0 Å². The molecule has 25 heavy (non-hydrogen) atoms. The smallest absolute Gasteiger partial charge is 0.226 e. The van der Waals surface area contributed by atoms with Crippen molar-refractivity contribution < 1.29 is 9.53 Å². The predicted molar refractivity (Wildman–Crippen MR) is 102 cm³/mol. The standard InChI is InChI=1S/C20H26N2O2S/c1-15-12-16(9-10-21-15)20(23)22(14-18-7-5-11-25-18)13-17-6-3-4-8-19(17)24-2/h3-8,11,15-16,21H,9-10,12-14H2,1-2H3/t15-,16-/m0/s1. The molecule has 134 valence electrons. The van der Waals surface area contributed by atoms with Crippen LogP contribution in [0.1, 0.15) is 30.2 Å². The lowest BCUT2D eigenvalue weighted by molar-refractivity contribution is -0.138. The summed E-state index contributed by atoms with van der Waals surface area (Å²) in [5, 5.41) is 5.49. The number of carbonyl (C=O) groups excluding carboxylic acids is 1. The number of carbonyl (C=O) groups is 1. The van der Waals surface area contributed by atoms with Crippen LogP contribution >= 0.6 is 11.3 Å². The largest absolute Gasteiger partial charge is 0.496 e. The van der Waals surface area contributed by atoms with Crippen molar-refractivity contribution in [2.45, 2.75) is 38.9 Å². The molecule has 1 aromatic carbocycles. The number of piperidine rings is 1. The van der Waals surface area contributed by atoms with Crippen LogP contribution in [0.4, 0.5) is 0 Å². The number of hydrogen-bond acceptors (Lipinski definition) is 4. The van der Waals surface area contributed by atoms with Gasteiger partial charge in [-0.1, -0.05) is 24.3 Å². The lowest BCUT2D eigenvalue weighted by Gasteiger charge is -2.32. The van der Waals surface area contributed by atoms with Crippen LogP contribution in [-0.2, 0) is 17.9 Å². The second-order valence-corrected chi connectivity index (χ2v) is 7.69. The minimum atomic E-state index is 0.103. The molecule has 0 radical (unpaired) electrons. The molecule has 1 amide bonds. The van der Waals surface area contributed by atoms with Gasteiger partial charge in [0.25, 0.3) is 0 Å². The van der Waals surface area contributed by atoms with Crippen molar-refractivity contribution in [1.82, 2.24) is 10.2 Å². The zero-order valence-corrected chi connectivity index (χ0v) is 15.7. The summed E-state index contributed by atoms with van der Waals surface area (Å²) in [6.07, 6.45) is 1.82. The molecule has 2 aromatic rings. The van der Waals surface area contributed by atoms with E-state index in [2.05, 4.69) is 23.7 Å². The minimum Gasteiger partial charge on any atom is -0.496 e. The number of para-hydroxylation sites is 1. The lowest BCUT2D eigenvalue weighted by atomic mass is 9.91. The Labute approximate surface area is 153 Å². The second-order valence-electron chi connectivity index (χ2n) is 6.66. The molecule has 0 bridgehead atoms. The Kier molecular flexibility index (Phi) is 6.10. The molecular formula is C20H26N2O2S. The van der Waals surface area contributed by atoms with E-state index in [1.165, 1.54) is 4.88 Å². The number of benzene rings is 1. The van der Waals surface area contributed by atoms with Crippen LogP contribution in [0.25, 0.3) is 0 Å². The molecule has 2 atom stereocenters. The third-order valence-electron chi connectivity index (χ3n) is 4.77. The van der Waals surface area contributed by atoms with E-state index < -0.39 is 0 Å². The Bertz CT molecular complexity index is 687. The molecule has 0 unspecified atom stereocenters. The van der Waals surface area contributed by atoms with Gasteiger partial charge in [-0.25, -0.2) is 0 Å². The Hall–Kier alpha value is -1.85. The van der Waals surface area contributed by atoms with Gasteiger partial charge in [-0.15, -0.1) is 11.3 Å². The summed E-state index contributed by atoms with van der Waals surface area (Å²) < 4.78 is 5.48. The number of ether oxygens (including phenoxy) is 1. The fourth-order valence-corrected chi connectivity index (χ4v) is 4.18. The highest BCUT2D eigenvalue weighted by Gasteiger charge is 2.29. The van der Waals surface area contributed by atoms with E-state index in [1.54, 1.807) is 18.4 Å². The molecule has 1 aliphatic rings. The normalized spacial score (nSPS) is 20.2. The second kappa shape index (κ2) is 8.50. The lowest BCUT2D eigenvalue weighted by Crippen LogP contribution is -2.43. The first-order valence-corrected chi connectivity index (χ1v) is 9.71. The molecule has 2 heterocycles. The monoisotopic (exact) mass is 358 g/mol. The van der Waals surface area contributed by atoms with E-state index >= 15 is 0 Å². The first-order valence-electron chi connectivity index (χ1n) is 8.84. The number of thiophene rings is 1. The zero-order valence-electron chi connectivity index (χ0n) is 14.9. The molecular weight excluding hydrogens is 332 g/mol. The van der Waals surface area contributed by atoms with Gasteiger partial charge in [-0.05, 0) is 43.8 Å². The fourth-order valence-electron chi connectivity index (χ4n) is 3.46. The summed E-state index contributed by atoms with van der Waals surface area (Å²) in [7, 11) is 1.68. The maximum Gasteiger partial charge on any atom is 0.226 e. The predicted octanol–water partition coefficient (Wildman–Crippen LogP) is 3.67. The molecule has 3 rings (SSSR count). The topological polar surface area (TPSA) is 41.6 Å². The first-order chi connectivity index (χ1) is 12.2. The summed E-state index contributed by atoms with van der Waals surface area (Å²) in [4.78, 5) is 16.4. The van der Waals surface area contributed by atoms with Crippen molar-refractivity contribution in [3.63, 3.8) is 0 Å². The number of nitrogens with one attached hydrogen (secondary N) is 1. The third kappa shape index (κ3) is 4.61. The first kappa shape index (κ1) is 18.0. The average molecular weight is 359 g/mol. The van der Waals surface area contributed by atoms with Crippen LogP contribution in [0.3, 0.4) is 0 Å². The Morgan fingerprint density at radius 2 is 2.12 bits per heavy atom. The van der Waals surface area contributed by atoms with Gasteiger partial charge in [0.2, 0.25) is 5.91 Å². The number of methoxy groups -OCH3 is 1. The van der Waals surface area contributed by atoms with Crippen molar-refractivity contribution in [2.75, 3.05) is 13.7 Å². The van der Waals surface area contributed by atoms with Gasteiger partial charge in [0.15, 0.2) is 0 Å². The number of rotatable bonds is 6. The van der Waals surface area contributed by atoms with Gasteiger partial charge in [-0.3, -0.25) is 4.79 Å². The van der Waals surface area contributed by atoms with Crippen LogP contribution in [0.15, 0.2) is 41.8 Å². The van der Waals surface area contributed by atoms with Gasteiger partial charge in [0.1, 0.15) is 5.75 Å². The van der Waals surface area contributed by atoms with E-state index in [0.29, 0.717) is 19.1 Å². The quantitative estimate of drug-likeness (QED) is 0.857.